The Labute approximate surface area is 96.9 Å². The summed E-state index contributed by atoms with van der Waals surface area (Å²) >= 11 is 0. The molecule has 1 aliphatic rings. The fraction of sp³-hybridized carbons (Fsp3) is 0.600. The first-order chi connectivity index (χ1) is 8.02. The van der Waals surface area contributed by atoms with Crippen molar-refractivity contribution in [1.29, 1.82) is 0 Å². The van der Waals surface area contributed by atoms with E-state index in [1.165, 1.54) is 10.9 Å². The zero-order chi connectivity index (χ0) is 12.6. The topological polar surface area (TPSA) is 98.6 Å². The van der Waals surface area contributed by atoms with E-state index in [4.69, 9.17) is 5.11 Å². The number of β-amino-alcohol motifs (C(OH)–C–C–N with tert-alkyl or cyclic N) is 1. The fourth-order valence-corrected chi connectivity index (χ4v) is 1.95. The van der Waals surface area contributed by atoms with Crippen LogP contribution in [0.5, 0.6) is 0 Å². The summed E-state index contributed by atoms with van der Waals surface area (Å²) in [4.78, 5) is 25.0. The molecule has 0 saturated carbocycles. The summed E-state index contributed by atoms with van der Waals surface area (Å²) in [6.07, 6.45) is 0.771. The van der Waals surface area contributed by atoms with E-state index in [2.05, 4.69) is 4.98 Å². The van der Waals surface area contributed by atoms with Gasteiger partial charge in [-0.05, 0) is 6.92 Å². The van der Waals surface area contributed by atoms with Gasteiger partial charge in [0.25, 0.3) is 5.56 Å². The summed E-state index contributed by atoms with van der Waals surface area (Å²) in [5.41, 5.74) is -0.525. The molecule has 2 heterocycles. The lowest BCUT2D eigenvalue weighted by Gasteiger charge is -2.20. The van der Waals surface area contributed by atoms with Crippen LogP contribution in [0.4, 0.5) is 0 Å². The van der Waals surface area contributed by atoms with Crippen molar-refractivity contribution in [1.82, 2.24) is 9.66 Å². The number of aliphatic hydroxyl groups excluding tert-OH is 2. The van der Waals surface area contributed by atoms with Gasteiger partial charge in [-0.3, -0.25) is 9.78 Å². The Kier molecular flexibility index (Phi) is 3.03. The molecule has 2 atom stereocenters. The molecule has 0 radical (unpaired) electrons. The standard InChI is InChI=1S/C10H15N3O4/c1-6-2-13(10(17)11-9(6)16)12-3-7(5-14)8(15)4-12/h2,7-8,14-15H,3-5H2,1H3,(H,11,16,17)/t7-,8+/m1/s1. The van der Waals surface area contributed by atoms with Crippen molar-refractivity contribution in [2.45, 2.75) is 13.0 Å². The van der Waals surface area contributed by atoms with Gasteiger partial charge in [-0.25, -0.2) is 9.47 Å². The van der Waals surface area contributed by atoms with E-state index in [9.17, 15) is 14.7 Å². The van der Waals surface area contributed by atoms with Crippen molar-refractivity contribution in [3.8, 4) is 0 Å². The van der Waals surface area contributed by atoms with Crippen LogP contribution in [0.15, 0.2) is 15.8 Å². The summed E-state index contributed by atoms with van der Waals surface area (Å²) < 4.78 is 1.27. The Morgan fingerprint density at radius 1 is 1.47 bits per heavy atom. The molecule has 0 aliphatic carbocycles. The quantitative estimate of drug-likeness (QED) is 0.544. The van der Waals surface area contributed by atoms with Crippen LogP contribution >= 0.6 is 0 Å². The summed E-state index contributed by atoms with van der Waals surface area (Å²) in [6, 6.07) is 0. The largest absolute Gasteiger partial charge is 0.396 e. The normalized spacial score (nSPS) is 24.3. The molecule has 1 saturated heterocycles. The number of aromatic amines is 1. The fourth-order valence-electron chi connectivity index (χ4n) is 1.95. The second kappa shape index (κ2) is 4.34. The van der Waals surface area contributed by atoms with E-state index in [0.717, 1.165) is 0 Å². The minimum atomic E-state index is -0.667. The zero-order valence-corrected chi connectivity index (χ0v) is 9.46. The molecule has 1 aromatic heterocycles. The second-order valence-electron chi connectivity index (χ2n) is 4.30. The van der Waals surface area contributed by atoms with Crippen LogP contribution in [0.3, 0.4) is 0 Å². The number of H-pyrrole nitrogens is 1. The second-order valence-corrected chi connectivity index (χ2v) is 4.30. The SMILES string of the molecule is Cc1cn(N2C[C@H](CO)[C@@H](O)C2)c(=O)[nH]c1=O. The first kappa shape index (κ1) is 11.9. The highest BCUT2D eigenvalue weighted by molar-refractivity contribution is 5.07. The Hall–Kier alpha value is -1.60. The van der Waals surface area contributed by atoms with Gasteiger partial charge in [0.15, 0.2) is 0 Å². The number of aryl methyl sites for hydroxylation is 1. The van der Waals surface area contributed by atoms with Crippen molar-refractivity contribution in [3.05, 3.63) is 32.6 Å². The van der Waals surface area contributed by atoms with Crippen molar-refractivity contribution < 1.29 is 10.2 Å². The molecule has 17 heavy (non-hydrogen) atoms. The number of nitrogens with one attached hydrogen (secondary N) is 1. The van der Waals surface area contributed by atoms with E-state index >= 15 is 0 Å². The van der Waals surface area contributed by atoms with Crippen molar-refractivity contribution in [2.24, 2.45) is 5.92 Å². The summed E-state index contributed by atoms with van der Waals surface area (Å²) in [6.45, 7) is 2.11. The highest BCUT2D eigenvalue weighted by atomic mass is 16.3. The highest BCUT2D eigenvalue weighted by Gasteiger charge is 2.31. The smallest absolute Gasteiger partial charge is 0.347 e. The lowest BCUT2D eigenvalue weighted by atomic mass is 10.1. The molecule has 0 unspecified atom stereocenters. The maximum atomic E-state index is 11.6. The number of rotatable bonds is 2. The molecule has 0 aromatic carbocycles. The van der Waals surface area contributed by atoms with E-state index in [1.54, 1.807) is 11.9 Å². The lowest BCUT2D eigenvalue weighted by molar-refractivity contribution is 0.104. The van der Waals surface area contributed by atoms with Crippen LogP contribution in [-0.4, -0.2) is 45.7 Å². The number of aromatic nitrogens is 2. The van der Waals surface area contributed by atoms with Crippen molar-refractivity contribution in [2.75, 3.05) is 24.7 Å². The highest BCUT2D eigenvalue weighted by Crippen LogP contribution is 2.14. The van der Waals surface area contributed by atoms with Crippen molar-refractivity contribution in [3.63, 3.8) is 0 Å². The van der Waals surface area contributed by atoms with Gasteiger partial charge in [0.1, 0.15) is 0 Å². The molecule has 0 bridgehead atoms. The van der Waals surface area contributed by atoms with Gasteiger partial charge < -0.3 is 15.2 Å². The molecular formula is C10H15N3O4. The van der Waals surface area contributed by atoms with Crippen LogP contribution in [0.25, 0.3) is 0 Å². The molecule has 0 amide bonds. The van der Waals surface area contributed by atoms with E-state index < -0.39 is 17.4 Å². The number of hydrogen-bond acceptors (Lipinski definition) is 5. The average molecular weight is 241 g/mol. The lowest BCUT2D eigenvalue weighted by Crippen LogP contribution is -2.44. The first-order valence-corrected chi connectivity index (χ1v) is 5.39. The maximum Gasteiger partial charge on any atom is 0.347 e. The predicted octanol–water partition coefficient (Wildman–Crippen LogP) is -2.23. The molecule has 2 rings (SSSR count). The van der Waals surface area contributed by atoms with Crippen LogP contribution in [-0.2, 0) is 0 Å². The molecule has 7 heteroatoms. The number of nitrogens with zero attached hydrogens (tertiary/aromatic N) is 2. The van der Waals surface area contributed by atoms with E-state index in [1.807, 2.05) is 0 Å². The van der Waals surface area contributed by atoms with E-state index in [0.29, 0.717) is 12.1 Å². The van der Waals surface area contributed by atoms with E-state index in [-0.39, 0.29) is 19.1 Å². The van der Waals surface area contributed by atoms with Crippen LogP contribution < -0.4 is 16.3 Å². The Bertz CT molecular complexity index is 521. The number of hydrogen-bond donors (Lipinski definition) is 3. The maximum absolute atomic E-state index is 11.6. The summed E-state index contributed by atoms with van der Waals surface area (Å²) in [5, 5.41) is 20.3. The third-order valence-electron chi connectivity index (χ3n) is 3.03. The van der Waals surface area contributed by atoms with Gasteiger partial charge in [-0.1, -0.05) is 0 Å². The monoisotopic (exact) mass is 241 g/mol. The Morgan fingerprint density at radius 2 is 2.18 bits per heavy atom. The molecule has 1 aromatic rings. The zero-order valence-electron chi connectivity index (χ0n) is 9.46. The minimum absolute atomic E-state index is 0.130. The molecular weight excluding hydrogens is 226 g/mol. The Balaban J connectivity index is 2.34. The third-order valence-corrected chi connectivity index (χ3v) is 3.03. The predicted molar refractivity (Wildman–Crippen MR) is 60.6 cm³/mol. The van der Waals surface area contributed by atoms with Gasteiger partial charge >= 0.3 is 5.69 Å². The van der Waals surface area contributed by atoms with Gasteiger partial charge in [-0.15, -0.1) is 0 Å². The molecule has 1 aliphatic heterocycles. The van der Waals surface area contributed by atoms with Crippen LogP contribution in [0.1, 0.15) is 5.56 Å². The molecule has 1 fully saturated rings. The average Bonchev–Trinajstić information content (AvgIpc) is 2.65. The van der Waals surface area contributed by atoms with Gasteiger partial charge in [0, 0.05) is 24.2 Å². The van der Waals surface area contributed by atoms with Crippen LogP contribution in [0, 0.1) is 12.8 Å². The van der Waals surface area contributed by atoms with Gasteiger partial charge in [-0.2, -0.15) is 0 Å². The molecule has 3 N–H and O–H groups in total. The van der Waals surface area contributed by atoms with Crippen LogP contribution in [0.2, 0.25) is 0 Å². The molecule has 94 valence electrons. The van der Waals surface area contributed by atoms with Gasteiger partial charge in [0.05, 0.1) is 19.3 Å². The first-order valence-electron chi connectivity index (χ1n) is 5.39. The van der Waals surface area contributed by atoms with Crippen molar-refractivity contribution >= 4 is 0 Å². The third kappa shape index (κ3) is 2.11. The molecule has 7 nitrogen and oxygen atoms in total. The molecule has 0 spiro atoms. The summed E-state index contributed by atoms with van der Waals surface area (Å²) in [7, 11) is 0. The Morgan fingerprint density at radius 3 is 2.76 bits per heavy atom. The van der Waals surface area contributed by atoms with Gasteiger partial charge in [0.2, 0.25) is 0 Å². The summed E-state index contributed by atoms with van der Waals surface area (Å²) in [5.74, 6) is -0.269. The minimum Gasteiger partial charge on any atom is -0.396 e. The number of aliphatic hydroxyl groups is 2.